The lowest BCUT2D eigenvalue weighted by atomic mass is 9.81. The highest BCUT2D eigenvalue weighted by Gasteiger charge is 2.55. The number of rotatable bonds is 7. The highest BCUT2D eigenvalue weighted by Crippen LogP contribution is 2.48. The zero-order valence-corrected chi connectivity index (χ0v) is 13.9. The predicted octanol–water partition coefficient (Wildman–Crippen LogP) is 1.30. The van der Waals surface area contributed by atoms with Crippen LogP contribution < -0.4 is 0 Å². The summed E-state index contributed by atoms with van der Waals surface area (Å²) in [4.78, 5) is 25.3. The maximum atomic E-state index is 12.2. The third-order valence-electron chi connectivity index (χ3n) is 5.05. The minimum Gasteiger partial charge on any atom is -0.481 e. The van der Waals surface area contributed by atoms with Crippen molar-refractivity contribution in [3.8, 4) is 0 Å². The van der Waals surface area contributed by atoms with Crippen molar-refractivity contribution >= 4 is 21.7 Å². The monoisotopic (exact) mass is 331 g/mol. The molecular formula is C15H25NO5S. The lowest BCUT2D eigenvalue weighted by molar-refractivity contribution is -0.149. The first-order chi connectivity index (χ1) is 10.3. The van der Waals surface area contributed by atoms with Crippen LogP contribution in [0.5, 0.6) is 0 Å². The second kappa shape index (κ2) is 6.56. The van der Waals surface area contributed by atoms with Crippen LogP contribution in [-0.2, 0) is 19.4 Å². The highest BCUT2D eigenvalue weighted by atomic mass is 32.2. The summed E-state index contributed by atoms with van der Waals surface area (Å²) in [6.45, 7) is 2.54. The number of likely N-dealkylation sites (tertiary alicyclic amines) is 1. The minimum atomic E-state index is -3.39. The Bertz CT molecular complexity index is 544. The molecule has 2 aliphatic rings. The molecule has 1 aliphatic heterocycles. The second-order valence-corrected chi connectivity index (χ2v) is 8.81. The third-order valence-corrected chi connectivity index (χ3v) is 6.65. The average Bonchev–Trinajstić information content (AvgIpc) is 2.95. The molecule has 2 fully saturated rings. The first-order valence-electron chi connectivity index (χ1n) is 8.02. The molecule has 1 saturated heterocycles. The van der Waals surface area contributed by atoms with E-state index in [1.54, 1.807) is 0 Å². The largest absolute Gasteiger partial charge is 0.481 e. The Morgan fingerprint density at radius 3 is 2.64 bits per heavy atom. The SMILES string of the molecule is CCCCCS(=O)(=O)CC(=O)N1C[C@@H]2CCC[C@@]2(C(=O)O)C1. The third kappa shape index (κ3) is 3.45. The fourth-order valence-electron chi connectivity index (χ4n) is 3.75. The van der Waals surface area contributed by atoms with Crippen LogP contribution in [0.1, 0.15) is 45.4 Å². The molecule has 2 atom stereocenters. The summed E-state index contributed by atoms with van der Waals surface area (Å²) in [6, 6.07) is 0. The number of sulfone groups is 1. The van der Waals surface area contributed by atoms with Crippen LogP contribution in [0.4, 0.5) is 0 Å². The van der Waals surface area contributed by atoms with Gasteiger partial charge in [0.1, 0.15) is 5.75 Å². The van der Waals surface area contributed by atoms with Crippen LogP contribution in [0.2, 0.25) is 0 Å². The van der Waals surface area contributed by atoms with Gasteiger partial charge in [-0.15, -0.1) is 0 Å². The number of amides is 1. The van der Waals surface area contributed by atoms with Crippen LogP contribution in [0.25, 0.3) is 0 Å². The van der Waals surface area contributed by atoms with Gasteiger partial charge in [0, 0.05) is 13.1 Å². The van der Waals surface area contributed by atoms with Gasteiger partial charge >= 0.3 is 5.97 Å². The molecule has 0 spiro atoms. The number of carboxylic acid groups (broad SMARTS) is 1. The Morgan fingerprint density at radius 2 is 2.05 bits per heavy atom. The molecular weight excluding hydrogens is 306 g/mol. The van der Waals surface area contributed by atoms with E-state index < -0.39 is 32.9 Å². The lowest BCUT2D eigenvalue weighted by Crippen LogP contribution is -2.39. The van der Waals surface area contributed by atoms with Gasteiger partial charge in [-0.25, -0.2) is 8.42 Å². The van der Waals surface area contributed by atoms with Crippen LogP contribution in [0.15, 0.2) is 0 Å². The first kappa shape index (κ1) is 17.2. The molecule has 0 aromatic heterocycles. The number of carbonyl (C=O) groups is 2. The standard InChI is InChI=1S/C15H25NO5S/c1-2-3-4-8-22(20,21)10-13(17)16-9-12-6-5-7-15(12,11-16)14(18)19/h12H,2-11H2,1H3,(H,18,19)/t12-,15+/m0/s1. The molecule has 22 heavy (non-hydrogen) atoms. The number of fused-ring (bicyclic) bond motifs is 1. The van der Waals surface area contributed by atoms with Gasteiger partial charge in [0.15, 0.2) is 9.84 Å². The van der Waals surface area contributed by atoms with E-state index in [9.17, 15) is 23.1 Å². The van der Waals surface area contributed by atoms with E-state index >= 15 is 0 Å². The van der Waals surface area contributed by atoms with Crippen molar-refractivity contribution in [2.75, 3.05) is 24.6 Å². The fourth-order valence-corrected chi connectivity index (χ4v) is 5.10. The Labute approximate surface area is 131 Å². The van der Waals surface area contributed by atoms with Gasteiger partial charge in [-0.2, -0.15) is 0 Å². The summed E-state index contributed by atoms with van der Waals surface area (Å²) in [6.07, 6.45) is 4.60. The molecule has 6 nitrogen and oxygen atoms in total. The minimum absolute atomic E-state index is 0.0308. The van der Waals surface area contributed by atoms with E-state index in [1.807, 2.05) is 6.92 Å². The molecule has 0 bridgehead atoms. The van der Waals surface area contributed by atoms with E-state index in [2.05, 4.69) is 0 Å². The van der Waals surface area contributed by atoms with Crippen molar-refractivity contribution in [2.24, 2.45) is 11.3 Å². The maximum Gasteiger partial charge on any atom is 0.311 e. The zero-order chi connectivity index (χ0) is 16.4. The summed E-state index contributed by atoms with van der Waals surface area (Å²) in [5.41, 5.74) is -0.846. The van der Waals surface area contributed by atoms with Gasteiger partial charge in [-0.1, -0.05) is 26.2 Å². The zero-order valence-electron chi connectivity index (χ0n) is 13.1. The summed E-state index contributed by atoms with van der Waals surface area (Å²) in [7, 11) is -3.39. The molecule has 1 amide bonds. The molecule has 1 heterocycles. The fraction of sp³-hybridized carbons (Fsp3) is 0.867. The molecule has 0 aromatic carbocycles. The molecule has 2 rings (SSSR count). The first-order valence-corrected chi connectivity index (χ1v) is 9.84. The van der Waals surface area contributed by atoms with Crippen molar-refractivity contribution < 1.29 is 23.1 Å². The average molecular weight is 331 g/mol. The predicted molar refractivity (Wildman–Crippen MR) is 82.2 cm³/mol. The Kier molecular flexibility index (Phi) is 5.14. The van der Waals surface area contributed by atoms with E-state index in [1.165, 1.54) is 4.90 Å². The van der Waals surface area contributed by atoms with Gasteiger partial charge in [0.05, 0.1) is 11.2 Å². The van der Waals surface area contributed by atoms with Gasteiger partial charge in [-0.05, 0) is 25.2 Å². The van der Waals surface area contributed by atoms with E-state index in [-0.39, 0.29) is 18.2 Å². The van der Waals surface area contributed by atoms with E-state index in [0.717, 1.165) is 25.7 Å². The summed E-state index contributed by atoms with van der Waals surface area (Å²) in [5, 5.41) is 9.49. The smallest absolute Gasteiger partial charge is 0.311 e. The number of hydrogen-bond acceptors (Lipinski definition) is 4. The summed E-state index contributed by atoms with van der Waals surface area (Å²) in [5.74, 6) is -1.77. The van der Waals surface area contributed by atoms with Crippen molar-refractivity contribution in [1.82, 2.24) is 4.90 Å². The van der Waals surface area contributed by atoms with Crippen molar-refractivity contribution in [3.63, 3.8) is 0 Å². The van der Waals surface area contributed by atoms with Crippen molar-refractivity contribution in [1.29, 1.82) is 0 Å². The van der Waals surface area contributed by atoms with E-state index in [4.69, 9.17) is 0 Å². The van der Waals surface area contributed by atoms with Gasteiger partial charge in [0.25, 0.3) is 0 Å². The molecule has 1 saturated carbocycles. The van der Waals surface area contributed by atoms with Crippen LogP contribution in [-0.4, -0.2) is 54.9 Å². The molecule has 0 aromatic rings. The quantitative estimate of drug-likeness (QED) is 0.710. The lowest BCUT2D eigenvalue weighted by Gasteiger charge is -2.23. The second-order valence-electron chi connectivity index (χ2n) is 6.62. The van der Waals surface area contributed by atoms with Crippen LogP contribution in [0, 0.1) is 11.3 Å². The highest BCUT2D eigenvalue weighted by molar-refractivity contribution is 7.92. The number of carboxylic acids is 1. The number of carbonyl (C=O) groups excluding carboxylic acids is 1. The van der Waals surface area contributed by atoms with Crippen molar-refractivity contribution in [3.05, 3.63) is 0 Å². The molecule has 7 heteroatoms. The summed E-state index contributed by atoms with van der Waals surface area (Å²) >= 11 is 0. The van der Waals surface area contributed by atoms with Gasteiger partial charge in [-0.3, -0.25) is 9.59 Å². The van der Waals surface area contributed by atoms with Gasteiger partial charge < -0.3 is 10.0 Å². The molecule has 0 unspecified atom stereocenters. The Hall–Kier alpha value is -1.11. The molecule has 1 N–H and O–H groups in total. The van der Waals surface area contributed by atoms with Crippen LogP contribution in [0.3, 0.4) is 0 Å². The molecule has 126 valence electrons. The normalized spacial score (nSPS) is 27.9. The number of aliphatic carboxylic acids is 1. The number of hydrogen-bond donors (Lipinski definition) is 1. The Balaban J connectivity index is 1.96. The number of unbranched alkanes of at least 4 members (excludes halogenated alkanes) is 2. The van der Waals surface area contributed by atoms with Gasteiger partial charge in [0.2, 0.25) is 5.91 Å². The van der Waals surface area contributed by atoms with Crippen molar-refractivity contribution in [2.45, 2.75) is 45.4 Å². The summed E-state index contributed by atoms with van der Waals surface area (Å²) < 4.78 is 23.9. The topological polar surface area (TPSA) is 91.8 Å². The number of nitrogens with zero attached hydrogens (tertiary/aromatic N) is 1. The molecule has 0 radical (unpaired) electrons. The van der Waals surface area contributed by atoms with E-state index in [0.29, 0.717) is 19.4 Å². The molecule has 1 aliphatic carbocycles. The van der Waals surface area contributed by atoms with Crippen LogP contribution >= 0.6 is 0 Å². The maximum absolute atomic E-state index is 12.2. The Morgan fingerprint density at radius 1 is 1.32 bits per heavy atom.